The van der Waals surface area contributed by atoms with Crippen LogP contribution in [0, 0.1) is 13.8 Å². The molecule has 0 saturated carbocycles. The van der Waals surface area contributed by atoms with Crippen molar-refractivity contribution in [1.82, 2.24) is 0 Å². The number of esters is 1. The van der Waals surface area contributed by atoms with E-state index in [1.807, 2.05) is 50.2 Å². The predicted octanol–water partition coefficient (Wildman–Crippen LogP) is 3.38. The Hall–Kier alpha value is -3.08. The average molecular weight is 321 g/mol. The maximum absolute atomic E-state index is 12.1. The monoisotopic (exact) mass is 321 g/mol. The molecule has 2 heterocycles. The number of rotatable bonds is 2. The molecule has 0 aromatic heterocycles. The fourth-order valence-corrected chi connectivity index (χ4v) is 2.57. The number of ether oxygens (including phenoxy) is 3. The van der Waals surface area contributed by atoms with Crippen LogP contribution in [0.2, 0.25) is 0 Å². The topological polar surface area (TPSA) is 57.1 Å². The molecular weight excluding hydrogens is 306 g/mol. The highest BCUT2D eigenvalue weighted by atomic mass is 16.7. The third kappa shape index (κ3) is 2.54. The summed E-state index contributed by atoms with van der Waals surface area (Å²) in [5.41, 5.74) is 4.16. The van der Waals surface area contributed by atoms with Crippen LogP contribution in [0.1, 0.15) is 22.3 Å². The second-order valence-electron chi connectivity index (χ2n) is 5.75. The van der Waals surface area contributed by atoms with Crippen LogP contribution in [-0.2, 0) is 9.53 Å². The van der Waals surface area contributed by atoms with E-state index in [0.717, 1.165) is 16.7 Å². The smallest absolute Gasteiger partial charge is 0.363 e. The number of carbonyl (C=O) groups is 1. The third-order valence-corrected chi connectivity index (χ3v) is 4.07. The van der Waals surface area contributed by atoms with Crippen LogP contribution in [-0.4, -0.2) is 18.7 Å². The van der Waals surface area contributed by atoms with Crippen LogP contribution >= 0.6 is 0 Å². The predicted molar refractivity (Wildman–Crippen MR) is 89.1 cm³/mol. The molecule has 0 unspecified atom stereocenters. The van der Waals surface area contributed by atoms with Gasteiger partial charge in [-0.2, -0.15) is 0 Å². The summed E-state index contributed by atoms with van der Waals surface area (Å²) in [5, 5.41) is 0. The highest BCUT2D eigenvalue weighted by molar-refractivity contribution is 6.12. The molecule has 0 aliphatic carbocycles. The first-order valence-corrected chi connectivity index (χ1v) is 7.60. The van der Waals surface area contributed by atoms with E-state index in [2.05, 4.69) is 4.99 Å². The SMILES string of the molecule is Cc1ccc(C2=NC(=Cc3ccc4c(c3)OCO4)C(=O)O2)cc1C. The summed E-state index contributed by atoms with van der Waals surface area (Å²) >= 11 is 0. The molecule has 0 spiro atoms. The van der Waals surface area contributed by atoms with Gasteiger partial charge in [-0.05, 0) is 60.9 Å². The normalized spacial score (nSPS) is 17.2. The van der Waals surface area contributed by atoms with Crippen molar-refractivity contribution >= 4 is 17.9 Å². The number of fused-ring (bicyclic) bond motifs is 1. The molecule has 4 rings (SSSR count). The maximum atomic E-state index is 12.1. The van der Waals surface area contributed by atoms with Gasteiger partial charge in [-0.1, -0.05) is 12.1 Å². The van der Waals surface area contributed by atoms with Crippen LogP contribution < -0.4 is 9.47 Å². The first-order chi connectivity index (χ1) is 11.6. The lowest BCUT2D eigenvalue weighted by Crippen LogP contribution is -2.05. The van der Waals surface area contributed by atoms with Gasteiger partial charge in [-0.25, -0.2) is 9.79 Å². The number of benzene rings is 2. The molecule has 2 aliphatic rings. The second kappa shape index (κ2) is 5.53. The van der Waals surface area contributed by atoms with Crippen molar-refractivity contribution in [3.05, 3.63) is 64.3 Å². The number of cyclic esters (lactones) is 1. The minimum absolute atomic E-state index is 0.215. The average Bonchev–Trinajstić information content (AvgIpc) is 3.17. The standard InChI is InChI=1S/C19H15NO4/c1-11-3-5-14(7-12(11)2)18-20-15(19(21)24-18)8-13-4-6-16-17(9-13)23-10-22-16/h3-9H,10H2,1-2H3. The van der Waals surface area contributed by atoms with Crippen molar-refractivity contribution in [3.8, 4) is 11.5 Å². The van der Waals surface area contributed by atoms with Gasteiger partial charge in [0.05, 0.1) is 0 Å². The Balaban J connectivity index is 1.67. The van der Waals surface area contributed by atoms with Gasteiger partial charge in [0, 0.05) is 5.56 Å². The van der Waals surface area contributed by atoms with Crippen molar-refractivity contribution in [2.75, 3.05) is 6.79 Å². The van der Waals surface area contributed by atoms with E-state index in [1.165, 1.54) is 5.56 Å². The molecule has 2 aromatic carbocycles. The number of hydrogen-bond acceptors (Lipinski definition) is 5. The van der Waals surface area contributed by atoms with Gasteiger partial charge in [0.1, 0.15) is 0 Å². The Morgan fingerprint density at radius 3 is 2.67 bits per heavy atom. The molecule has 0 radical (unpaired) electrons. The Morgan fingerprint density at radius 2 is 1.83 bits per heavy atom. The lowest BCUT2D eigenvalue weighted by Gasteiger charge is -2.03. The summed E-state index contributed by atoms with van der Waals surface area (Å²) < 4.78 is 15.9. The van der Waals surface area contributed by atoms with Gasteiger partial charge < -0.3 is 14.2 Å². The van der Waals surface area contributed by atoms with E-state index in [0.29, 0.717) is 17.4 Å². The summed E-state index contributed by atoms with van der Waals surface area (Å²) in [5.74, 6) is 1.23. The molecule has 0 fully saturated rings. The Kier molecular flexibility index (Phi) is 3.34. The number of hydrogen-bond donors (Lipinski definition) is 0. The molecule has 24 heavy (non-hydrogen) atoms. The molecule has 0 atom stereocenters. The molecule has 120 valence electrons. The van der Waals surface area contributed by atoms with Crippen LogP contribution in [0.4, 0.5) is 0 Å². The second-order valence-corrected chi connectivity index (χ2v) is 5.75. The zero-order valence-corrected chi connectivity index (χ0v) is 13.3. The van der Waals surface area contributed by atoms with E-state index < -0.39 is 5.97 Å². The van der Waals surface area contributed by atoms with Crippen LogP contribution in [0.5, 0.6) is 11.5 Å². The zero-order chi connectivity index (χ0) is 16.7. The fourth-order valence-electron chi connectivity index (χ4n) is 2.57. The molecule has 0 N–H and O–H groups in total. The van der Waals surface area contributed by atoms with Gasteiger partial charge in [-0.3, -0.25) is 0 Å². The highest BCUT2D eigenvalue weighted by Crippen LogP contribution is 2.33. The lowest BCUT2D eigenvalue weighted by atomic mass is 10.1. The van der Waals surface area contributed by atoms with Gasteiger partial charge in [0.15, 0.2) is 17.2 Å². The summed E-state index contributed by atoms with van der Waals surface area (Å²) in [4.78, 5) is 16.4. The Labute approximate surface area is 139 Å². The fraction of sp³-hybridized carbons (Fsp3) is 0.158. The van der Waals surface area contributed by atoms with Crippen LogP contribution in [0.25, 0.3) is 6.08 Å². The third-order valence-electron chi connectivity index (χ3n) is 4.07. The van der Waals surface area contributed by atoms with E-state index >= 15 is 0 Å². The molecular formula is C19H15NO4. The molecule has 0 bridgehead atoms. The Bertz CT molecular complexity index is 912. The van der Waals surface area contributed by atoms with Gasteiger partial charge >= 0.3 is 5.97 Å². The number of nitrogens with zero attached hydrogens (tertiary/aromatic N) is 1. The molecule has 2 aromatic rings. The van der Waals surface area contributed by atoms with Crippen molar-refractivity contribution < 1.29 is 19.0 Å². The van der Waals surface area contributed by atoms with Crippen LogP contribution in [0.3, 0.4) is 0 Å². The molecule has 0 amide bonds. The first-order valence-electron chi connectivity index (χ1n) is 7.60. The van der Waals surface area contributed by atoms with E-state index in [-0.39, 0.29) is 12.5 Å². The minimum atomic E-state index is -0.458. The highest BCUT2D eigenvalue weighted by Gasteiger charge is 2.24. The Morgan fingerprint density at radius 1 is 1.00 bits per heavy atom. The quantitative estimate of drug-likeness (QED) is 0.628. The van der Waals surface area contributed by atoms with E-state index in [1.54, 1.807) is 6.08 Å². The summed E-state index contributed by atoms with van der Waals surface area (Å²) in [6.07, 6.45) is 1.68. The molecule has 5 heteroatoms. The van der Waals surface area contributed by atoms with Crippen molar-refractivity contribution in [1.29, 1.82) is 0 Å². The lowest BCUT2D eigenvalue weighted by molar-refractivity contribution is -0.129. The minimum Gasteiger partial charge on any atom is -0.454 e. The van der Waals surface area contributed by atoms with E-state index in [9.17, 15) is 4.79 Å². The van der Waals surface area contributed by atoms with E-state index in [4.69, 9.17) is 14.2 Å². The largest absolute Gasteiger partial charge is 0.454 e. The summed E-state index contributed by atoms with van der Waals surface area (Å²) in [7, 11) is 0. The number of aliphatic imine (C=N–C) groups is 1. The van der Waals surface area contributed by atoms with Gasteiger partial charge in [-0.15, -0.1) is 0 Å². The molecule has 5 nitrogen and oxygen atoms in total. The van der Waals surface area contributed by atoms with Crippen molar-refractivity contribution in [2.45, 2.75) is 13.8 Å². The van der Waals surface area contributed by atoms with Crippen molar-refractivity contribution in [2.24, 2.45) is 4.99 Å². The van der Waals surface area contributed by atoms with Crippen molar-refractivity contribution in [3.63, 3.8) is 0 Å². The molecule has 0 saturated heterocycles. The zero-order valence-electron chi connectivity index (χ0n) is 13.3. The number of carbonyl (C=O) groups excluding carboxylic acids is 1. The summed E-state index contributed by atoms with van der Waals surface area (Å²) in [6.45, 7) is 4.26. The maximum Gasteiger partial charge on any atom is 0.363 e. The van der Waals surface area contributed by atoms with Gasteiger partial charge in [0.25, 0.3) is 0 Å². The summed E-state index contributed by atoms with van der Waals surface area (Å²) in [6, 6.07) is 11.3. The molecule has 2 aliphatic heterocycles. The van der Waals surface area contributed by atoms with Gasteiger partial charge in [0.2, 0.25) is 12.7 Å². The first kappa shape index (κ1) is 14.5. The number of aryl methyl sites for hydroxylation is 2. The van der Waals surface area contributed by atoms with Crippen LogP contribution in [0.15, 0.2) is 47.1 Å².